The molecule has 0 saturated heterocycles. The van der Waals surface area contributed by atoms with Gasteiger partial charge in [-0.05, 0) is 30.2 Å². The molecule has 0 unspecified atom stereocenters. The van der Waals surface area contributed by atoms with Crippen LogP contribution < -0.4 is 0 Å². The van der Waals surface area contributed by atoms with Crippen LogP contribution in [0.3, 0.4) is 0 Å². The third kappa shape index (κ3) is 22.4. The molecule has 0 rings (SSSR count). The molecule has 0 aromatic carbocycles. The van der Waals surface area contributed by atoms with Gasteiger partial charge in [-0.1, -0.05) is 103 Å². The van der Waals surface area contributed by atoms with Gasteiger partial charge in [0.15, 0.2) is 0 Å². The zero-order chi connectivity index (χ0) is 19.5. The van der Waals surface area contributed by atoms with Gasteiger partial charge in [-0.25, -0.2) is 0 Å². The van der Waals surface area contributed by atoms with Gasteiger partial charge in [-0.3, -0.25) is 0 Å². The second-order valence-corrected chi connectivity index (χ2v) is 9.37. The first-order valence-electron chi connectivity index (χ1n) is 10.4. The number of hydrogen-bond donors (Lipinski definition) is 0. The first kappa shape index (κ1) is 26.4. The number of alkyl halides is 3. The van der Waals surface area contributed by atoms with E-state index in [0.29, 0.717) is 6.61 Å². The van der Waals surface area contributed by atoms with E-state index in [1.807, 2.05) is 0 Å². The number of unbranched alkanes of at least 4 members (excludes halogenated alkanes) is 15. The molecule has 0 aliphatic carbocycles. The van der Waals surface area contributed by atoms with E-state index in [2.05, 4.69) is 19.1 Å². The maximum atomic E-state index is 12.5. The Morgan fingerprint density at radius 1 is 0.769 bits per heavy atom. The van der Waals surface area contributed by atoms with Crippen molar-refractivity contribution in [1.82, 2.24) is 0 Å². The molecule has 0 spiro atoms. The highest BCUT2D eigenvalue weighted by Gasteiger charge is 2.28. The molecule has 0 fully saturated rings. The molecule has 0 atom stereocenters. The molecule has 0 bridgehead atoms. The number of rotatable bonds is 18. The summed E-state index contributed by atoms with van der Waals surface area (Å²) in [7, 11) is 0. The highest BCUT2D eigenvalue weighted by molar-refractivity contribution is 8.23. The van der Waals surface area contributed by atoms with Gasteiger partial charge in [0.25, 0.3) is 0 Å². The van der Waals surface area contributed by atoms with Crippen LogP contribution in [0.25, 0.3) is 0 Å². The molecule has 0 aliphatic rings. The second kappa shape index (κ2) is 18.7. The Kier molecular flexibility index (Phi) is 19.0. The Morgan fingerprint density at radius 2 is 1.12 bits per heavy atom. The lowest BCUT2D eigenvalue weighted by molar-refractivity contribution is 0.203. The molecule has 0 aromatic rings. The standard InChI is InChI=1S/C20H37ClF2OS2/c1-2-3-4-5-6-7-8-9-10-11-12-13-14-15-16-17-18-24-19(25)26-20(21,22)23/h2-18H2,1H3. The van der Waals surface area contributed by atoms with Crippen molar-refractivity contribution in [2.45, 2.75) is 114 Å². The fourth-order valence-corrected chi connectivity index (χ4v) is 4.01. The summed E-state index contributed by atoms with van der Waals surface area (Å²) in [6.45, 7) is 2.66. The average molecular weight is 431 g/mol. The molecular formula is C20H37ClF2OS2. The van der Waals surface area contributed by atoms with Gasteiger partial charge in [0.1, 0.15) is 0 Å². The molecule has 6 heteroatoms. The molecule has 0 saturated carbocycles. The zero-order valence-corrected chi connectivity index (χ0v) is 18.8. The van der Waals surface area contributed by atoms with Crippen molar-refractivity contribution in [3.8, 4) is 0 Å². The molecule has 0 amide bonds. The molecule has 26 heavy (non-hydrogen) atoms. The van der Waals surface area contributed by atoms with Crippen LogP contribution in [-0.4, -0.2) is 15.7 Å². The van der Waals surface area contributed by atoms with E-state index in [1.165, 1.54) is 89.9 Å². The lowest BCUT2D eigenvalue weighted by Crippen LogP contribution is -2.07. The van der Waals surface area contributed by atoms with Gasteiger partial charge in [-0.2, -0.15) is 8.78 Å². The third-order valence-corrected chi connectivity index (χ3v) is 5.53. The Morgan fingerprint density at radius 3 is 1.46 bits per heavy atom. The Bertz CT molecular complexity index is 325. The number of thioether (sulfide) groups is 1. The van der Waals surface area contributed by atoms with Crippen molar-refractivity contribution >= 4 is 40.0 Å². The maximum Gasteiger partial charge on any atom is 0.379 e. The summed E-state index contributed by atoms with van der Waals surface area (Å²) in [6.07, 6.45) is 20.9. The molecule has 0 aromatic heterocycles. The van der Waals surface area contributed by atoms with Crippen LogP contribution in [0.2, 0.25) is 0 Å². The lowest BCUT2D eigenvalue weighted by Gasteiger charge is -2.09. The lowest BCUT2D eigenvalue weighted by atomic mass is 10.0. The quantitative estimate of drug-likeness (QED) is 0.122. The third-order valence-electron chi connectivity index (χ3n) is 4.42. The molecular weight excluding hydrogens is 394 g/mol. The summed E-state index contributed by atoms with van der Waals surface area (Å²) in [5.41, 5.74) is 0. The summed E-state index contributed by atoms with van der Waals surface area (Å²) in [4.78, 5) is 0. The van der Waals surface area contributed by atoms with E-state index in [1.54, 1.807) is 0 Å². The summed E-state index contributed by atoms with van der Waals surface area (Å²) in [6, 6.07) is 0. The van der Waals surface area contributed by atoms with Crippen LogP contribution >= 0.6 is 35.6 Å². The Labute approximate surface area is 174 Å². The van der Waals surface area contributed by atoms with E-state index >= 15 is 0 Å². The van der Waals surface area contributed by atoms with Gasteiger partial charge in [0, 0.05) is 11.8 Å². The summed E-state index contributed by atoms with van der Waals surface area (Å²) >= 11 is 9.55. The van der Waals surface area contributed by atoms with Gasteiger partial charge < -0.3 is 4.74 Å². The van der Waals surface area contributed by atoms with Gasteiger partial charge >= 0.3 is 4.71 Å². The molecule has 0 N–H and O–H groups in total. The van der Waals surface area contributed by atoms with Crippen molar-refractivity contribution in [2.75, 3.05) is 6.61 Å². The second-order valence-electron chi connectivity index (χ2n) is 6.95. The molecule has 0 heterocycles. The predicted octanol–water partition coefficient (Wildman–Crippen LogP) is 9.07. The van der Waals surface area contributed by atoms with Crippen LogP contribution in [0.5, 0.6) is 0 Å². The smallest absolute Gasteiger partial charge is 0.379 e. The van der Waals surface area contributed by atoms with E-state index < -0.39 is 4.71 Å². The minimum absolute atomic E-state index is 0.0865. The van der Waals surface area contributed by atoms with Gasteiger partial charge in [0.2, 0.25) is 4.38 Å². The molecule has 0 radical (unpaired) electrons. The van der Waals surface area contributed by atoms with Crippen molar-refractivity contribution in [1.29, 1.82) is 0 Å². The van der Waals surface area contributed by atoms with Crippen LogP contribution in [0.1, 0.15) is 110 Å². The van der Waals surface area contributed by atoms with E-state index in [0.717, 1.165) is 12.8 Å². The van der Waals surface area contributed by atoms with E-state index in [-0.39, 0.29) is 16.1 Å². The summed E-state index contributed by atoms with van der Waals surface area (Å²) in [5.74, 6) is 0. The monoisotopic (exact) mass is 430 g/mol. The van der Waals surface area contributed by atoms with E-state index in [4.69, 9.17) is 16.3 Å². The first-order valence-corrected chi connectivity index (χ1v) is 12.0. The highest BCUT2D eigenvalue weighted by Crippen LogP contribution is 2.34. The minimum Gasteiger partial charge on any atom is -0.478 e. The Hall–Kier alpha value is 0.390. The van der Waals surface area contributed by atoms with Gasteiger partial charge in [-0.15, -0.1) is 0 Å². The maximum absolute atomic E-state index is 12.5. The zero-order valence-electron chi connectivity index (χ0n) is 16.4. The Balaban J connectivity index is 3.12. The van der Waals surface area contributed by atoms with Crippen LogP contribution in [0, 0.1) is 0 Å². The molecule has 156 valence electrons. The fourth-order valence-electron chi connectivity index (χ4n) is 2.93. The van der Waals surface area contributed by atoms with Crippen molar-refractivity contribution < 1.29 is 13.5 Å². The SMILES string of the molecule is CCCCCCCCCCCCCCCCCCOC(=S)SC(F)(F)Cl. The van der Waals surface area contributed by atoms with E-state index in [9.17, 15) is 8.78 Å². The normalized spacial score (nSPS) is 11.7. The van der Waals surface area contributed by atoms with Crippen LogP contribution in [0.4, 0.5) is 8.78 Å². The predicted molar refractivity (Wildman–Crippen MR) is 116 cm³/mol. The topological polar surface area (TPSA) is 9.23 Å². The van der Waals surface area contributed by atoms with Crippen molar-refractivity contribution in [2.24, 2.45) is 0 Å². The van der Waals surface area contributed by atoms with Crippen LogP contribution in [-0.2, 0) is 4.74 Å². The summed E-state index contributed by atoms with van der Waals surface area (Å²) < 4.78 is 26.4. The van der Waals surface area contributed by atoms with Crippen molar-refractivity contribution in [3.05, 3.63) is 0 Å². The van der Waals surface area contributed by atoms with Gasteiger partial charge in [0.05, 0.1) is 6.61 Å². The average Bonchev–Trinajstić information content (AvgIpc) is 2.56. The minimum atomic E-state index is -3.37. The number of hydrogen-bond acceptors (Lipinski definition) is 3. The first-order chi connectivity index (χ1) is 12.5. The highest BCUT2D eigenvalue weighted by atomic mass is 35.5. The summed E-state index contributed by atoms with van der Waals surface area (Å²) in [5, 5.41) is 0. The van der Waals surface area contributed by atoms with Crippen molar-refractivity contribution in [3.63, 3.8) is 0 Å². The number of ether oxygens (including phenoxy) is 1. The largest absolute Gasteiger partial charge is 0.478 e. The van der Waals surface area contributed by atoms with Crippen LogP contribution in [0.15, 0.2) is 0 Å². The molecule has 0 aliphatic heterocycles. The fraction of sp³-hybridized carbons (Fsp3) is 0.950. The number of halogens is 3. The molecule has 1 nitrogen and oxygen atoms in total. The number of thiocarbonyl (C=S) groups is 1.